The van der Waals surface area contributed by atoms with Gasteiger partial charge in [-0.2, -0.15) is 0 Å². The smallest absolute Gasteiger partial charge is 0.0693 e. The van der Waals surface area contributed by atoms with Gasteiger partial charge in [0.2, 0.25) is 0 Å². The van der Waals surface area contributed by atoms with Crippen LogP contribution in [0.1, 0.15) is 20.3 Å². The largest absolute Gasteiger partial charge is 0.248 e. The van der Waals surface area contributed by atoms with Crippen molar-refractivity contribution in [1.82, 2.24) is 15.0 Å². The molecule has 0 aromatic carbocycles. The van der Waals surface area contributed by atoms with Gasteiger partial charge >= 0.3 is 0 Å². The van der Waals surface area contributed by atoms with Crippen molar-refractivity contribution in [3.8, 4) is 0 Å². The number of hydrogen-bond donors (Lipinski definition) is 0. The van der Waals surface area contributed by atoms with Crippen LogP contribution in [0, 0.1) is 0 Å². The van der Waals surface area contributed by atoms with Gasteiger partial charge in [0.05, 0.1) is 12.7 Å². The molecule has 0 amide bonds. The Morgan fingerprint density at radius 3 is 2.92 bits per heavy atom. The summed E-state index contributed by atoms with van der Waals surface area (Å²) in [5.41, 5.74) is 1.26. The third-order valence-corrected chi connectivity index (χ3v) is 1.75. The molecule has 0 unspecified atom stereocenters. The van der Waals surface area contributed by atoms with Crippen LogP contribution >= 0.6 is 0 Å². The van der Waals surface area contributed by atoms with Gasteiger partial charge in [0, 0.05) is 6.20 Å². The molecule has 0 N–H and O–H groups in total. The number of nitrogens with zero attached hydrogens (tertiary/aromatic N) is 3. The Balaban J connectivity index is 2.56. The first-order chi connectivity index (χ1) is 6.36. The Morgan fingerprint density at radius 2 is 2.38 bits per heavy atom. The van der Waals surface area contributed by atoms with E-state index in [0.29, 0.717) is 0 Å². The van der Waals surface area contributed by atoms with E-state index in [1.165, 1.54) is 5.57 Å². The van der Waals surface area contributed by atoms with Crippen LogP contribution in [-0.4, -0.2) is 15.0 Å². The number of hydrogen-bond acceptors (Lipinski definition) is 2. The van der Waals surface area contributed by atoms with Crippen LogP contribution in [0.2, 0.25) is 0 Å². The normalized spacial score (nSPS) is 12.6. The second-order valence-electron chi connectivity index (χ2n) is 2.77. The van der Waals surface area contributed by atoms with Gasteiger partial charge in [0.1, 0.15) is 0 Å². The van der Waals surface area contributed by atoms with Crippen molar-refractivity contribution in [1.29, 1.82) is 0 Å². The maximum Gasteiger partial charge on any atom is 0.0693 e. The zero-order valence-corrected chi connectivity index (χ0v) is 8.14. The summed E-state index contributed by atoms with van der Waals surface area (Å²) < 4.78 is 1.81. The van der Waals surface area contributed by atoms with Crippen molar-refractivity contribution in [2.75, 3.05) is 0 Å². The molecule has 3 heteroatoms. The van der Waals surface area contributed by atoms with Crippen LogP contribution in [0.3, 0.4) is 0 Å². The lowest BCUT2D eigenvalue weighted by Gasteiger charge is -2.00. The lowest BCUT2D eigenvalue weighted by atomic mass is 10.2. The van der Waals surface area contributed by atoms with Gasteiger partial charge in [-0.15, -0.1) is 5.10 Å². The molecule has 0 aliphatic rings. The fraction of sp³-hybridized carbons (Fsp3) is 0.400. The lowest BCUT2D eigenvalue weighted by molar-refractivity contribution is 0.648. The van der Waals surface area contributed by atoms with Crippen LogP contribution in [0.15, 0.2) is 36.2 Å². The minimum Gasteiger partial charge on any atom is -0.248 e. The van der Waals surface area contributed by atoms with Gasteiger partial charge in [-0.25, -0.2) is 4.68 Å². The summed E-state index contributed by atoms with van der Waals surface area (Å²) in [5, 5.41) is 7.66. The van der Waals surface area contributed by atoms with E-state index in [9.17, 15) is 0 Å². The lowest BCUT2D eigenvalue weighted by Crippen LogP contribution is -2.00. The first-order valence-electron chi connectivity index (χ1n) is 4.52. The molecule has 0 spiro atoms. The Kier molecular flexibility index (Phi) is 3.96. The second kappa shape index (κ2) is 5.30. The molecule has 70 valence electrons. The first kappa shape index (κ1) is 9.71. The number of aromatic nitrogens is 3. The topological polar surface area (TPSA) is 30.7 Å². The third-order valence-electron chi connectivity index (χ3n) is 1.75. The first-order valence-corrected chi connectivity index (χ1v) is 4.52. The van der Waals surface area contributed by atoms with E-state index in [2.05, 4.69) is 35.5 Å². The van der Waals surface area contributed by atoms with E-state index in [0.717, 1.165) is 13.0 Å². The van der Waals surface area contributed by atoms with Crippen LogP contribution in [0.25, 0.3) is 0 Å². The van der Waals surface area contributed by atoms with E-state index < -0.39 is 0 Å². The Labute approximate surface area is 78.8 Å². The predicted molar refractivity (Wildman–Crippen MR) is 53.2 cm³/mol. The maximum atomic E-state index is 3.90. The molecule has 0 atom stereocenters. The van der Waals surface area contributed by atoms with Gasteiger partial charge in [-0.3, -0.25) is 0 Å². The number of rotatable bonds is 4. The maximum absolute atomic E-state index is 3.90. The van der Waals surface area contributed by atoms with Crippen molar-refractivity contribution in [2.45, 2.75) is 26.8 Å². The SMILES string of the molecule is C/C=C(\C=C/CC)Cn1ccnn1. The fourth-order valence-corrected chi connectivity index (χ4v) is 1.01. The summed E-state index contributed by atoms with van der Waals surface area (Å²) in [7, 11) is 0. The molecule has 3 nitrogen and oxygen atoms in total. The molecule has 0 saturated carbocycles. The molecule has 1 heterocycles. The summed E-state index contributed by atoms with van der Waals surface area (Å²) in [6.45, 7) is 4.96. The van der Waals surface area contributed by atoms with Crippen LogP contribution in [0.5, 0.6) is 0 Å². The molecule has 0 aliphatic carbocycles. The summed E-state index contributed by atoms with van der Waals surface area (Å²) in [5.74, 6) is 0. The highest BCUT2D eigenvalue weighted by Crippen LogP contribution is 2.01. The second-order valence-corrected chi connectivity index (χ2v) is 2.77. The van der Waals surface area contributed by atoms with Gasteiger partial charge in [0.25, 0.3) is 0 Å². The van der Waals surface area contributed by atoms with E-state index in [1.807, 2.05) is 17.8 Å². The standard InChI is InChI=1S/C10H15N3/c1-3-5-6-10(4-2)9-13-8-7-11-12-13/h4-8H,3,9H2,1-2H3/b6-5-,10-4+. The zero-order valence-electron chi connectivity index (χ0n) is 8.14. The highest BCUT2D eigenvalue weighted by atomic mass is 15.4. The average molecular weight is 177 g/mol. The molecule has 1 aromatic rings. The molecular weight excluding hydrogens is 162 g/mol. The Morgan fingerprint density at radius 1 is 1.54 bits per heavy atom. The van der Waals surface area contributed by atoms with E-state index >= 15 is 0 Å². The molecule has 0 bridgehead atoms. The Hall–Kier alpha value is -1.38. The highest BCUT2D eigenvalue weighted by molar-refractivity contribution is 5.17. The molecule has 0 fully saturated rings. The van der Waals surface area contributed by atoms with Crippen molar-refractivity contribution in [2.24, 2.45) is 0 Å². The molecule has 0 saturated heterocycles. The molecule has 0 radical (unpaired) electrons. The minimum absolute atomic E-state index is 0.799. The zero-order chi connectivity index (χ0) is 9.52. The van der Waals surface area contributed by atoms with Crippen molar-refractivity contribution < 1.29 is 0 Å². The quantitative estimate of drug-likeness (QED) is 0.660. The molecular formula is C10H15N3. The Bertz CT molecular complexity index is 283. The monoisotopic (exact) mass is 177 g/mol. The predicted octanol–water partition coefficient (Wildman–Crippen LogP) is 2.19. The summed E-state index contributed by atoms with van der Waals surface area (Å²) in [6.07, 6.45) is 11.0. The van der Waals surface area contributed by atoms with E-state index in [1.54, 1.807) is 6.20 Å². The van der Waals surface area contributed by atoms with Crippen LogP contribution in [0.4, 0.5) is 0 Å². The summed E-state index contributed by atoms with van der Waals surface area (Å²) >= 11 is 0. The van der Waals surface area contributed by atoms with Crippen molar-refractivity contribution >= 4 is 0 Å². The highest BCUT2D eigenvalue weighted by Gasteiger charge is 1.93. The van der Waals surface area contributed by atoms with Crippen molar-refractivity contribution in [3.05, 3.63) is 36.2 Å². The van der Waals surface area contributed by atoms with E-state index in [-0.39, 0.29) is 0 Å². The molecule has 1 aromatic heterocycles. The van der Waals surface area contributed by atoms with Crippen molar-refractivity contribution in [3.63, 3.8) is 0 Å². The molecule has 13 heavy (non-hydrogen) atoms. The van der Waals surface area contributed by atoms with Crippen LogP contribution in [-0.2, 0) is 6.54 Å². The van der Waals surface area contributed by atoms with Gasteiger partial charge in [-0.05, 0) is 18.9 Å². The van der Waals surface area contributed by atoms with Gasteiger partial charge < -0.3 is 0 Å². The van der Waals surface area contributed by atoms with Gasteiger partial charge in [0.15, 0.2) is 0 Å². The number of allylic oxidation sites excluding steroid dienone is 4. The minimum atomic E-state index is 0.799. The molecule has 1 rings (SSSR count). The third kappa shape index (κ3) is 3.23. The average Bonchev–Trinajstić information content (AvgIpc) is 2.64. The van der Waals surface area contributed by atoms with E-state index in [4.69, 9.17) is 0 Å². The summed E-state index contributed by atoms with van der Waals surface area (Å²) in [4.78, 5) is 0. The molecule has 0 aliphatic heterocycles. The summed E-state index contributed by atoms with van der Waals surface area (Å²) in [6, 6.07) is 0. The van der Waals surface area contributed by atoms with Crippen LogP contribution < -0.4 is 0 Å². The van der Waals surface area contributed by atoms with Gasteiger partial charge in [-0.1, -0.05) is 30.4 Å². The fourth-order valence-electron chi connectivity index (χ4n) is 1.01.